The molecule has 3 aliphatic rings. The summed E-state index contributed by atoms with van der Waals surface area (Å²) in [5.41, 5.74) is -1.62. The zero-order valence-corrected chi connectivity index (χ0v) is 20.0. The smallest absolute Gasteiger partial charge is 0.417 e. The molecule has 186 valence electrons. The minimum atomic E-state index is -1.85. The zero-order chi connectivity index (χ0) is 24.6. The largest absolute Gasteiger partial charge is 0.465 e. The van der Waals surface area contributed by atoms with Crippen LogP contribution in [0.1, 0.15) is 54.4 Å². The van der Waals surface area contributed by atoms with Gasteiger partial charge >= 0.3 is 24.0 Å². The first kappa shape index (κ1) is 25.4. The number of nitrogens with zero attached hydrogens (tertiary/aromatic N) is 1. The van der Waals surface area contributed by atoms with Gasteiger partial charge in [0.15, 0.2) is 5.92 Å². The number of ether oxygens (including phenoxy) is 6. The van der Waals surface area contributed by atoms with Crippen molar-refractivity contribution in [2.75, 3.05) is 26.4 Å². The van der Waals surface area contributed by atoms with E-state index in [0.717, 1.165) is 4.90 Å². The Morgan fingerprint density at radius 3 is 2.27 bits per heavy atom. The maximum Gasteiger partial charge on any atom is 0.417 e. The normalized spacial score (nSPS) is 31.6. The molecule has 2 bridgehead atoms. The van der Waals surface area contributed by atoms with E-state index in [-0.39, 0.29) is 32.8 Å². The van der Waals surface area contributed by atoms with Crippen LogP contribution in [-0.2, 0) is 42.8 Å². The Bertz CT molecular complexity index is 789. The molecule has 11 heteroatoms. The van der Waals surface area contributed by atoms with Crippen molar-refractivity contribution < 1.29 is 47.6 Å². The van der Waals surface area contributed by atoms with E-state index in [1.54, 1.807) is 34.6 Å². The molecule has 3 heterocycles. The van der Waals surface area contributed by atoms with Gasteiger partial charge in [0.2, 0.25) is 5.91 Å². The maximum atomic E-state index is 13.1. The molecule has 11 nitrogen and oxygen atoms in total. The van der Waals surface area contributed by atoms with Gasteiger partial charge in [-0.15, -0.1) is 0 Å². The summed E-state index contributed by atoms with van der Waals surface area (Å²) < 4.78 is 33.6. The lowest BCUT2D eigenvalue weighted by atomic mass is 9.84. The van der Waals surface area contributed by atoms with Crippen LogP contribution in [0.5, 0.6) is 0 Å². The van der Waals surface area contributed by atoms with E-state index in [9.17, 15) is 19.2 Å². The second-order valence-electron chi connectivity index (χ2n) is 9.58. The molecule has 3 fully saturated rings. The number of amides is 2. The van der Waals surface area contributed by atoms with Crippen LogP contribution in [0.25, 0.3) is 0 Å². The molecule has 0 aromatic carbocycles. The minimum absolute atomic E-state index is 0.0164. The highest BCUT2D eigenvalue weighted by atomic mass is 16.9. The van der Waals surface area contributed by atoms with E-state index in [1.807, 2.05) is 6.92 Å². The van der Waals surface area contributed by atoms with E-state index >= 15 is 0 Å². The van der Waals surface area contributed by atoms with Crippen molar-refractivity contribution >= 4 is 23.9 Å². The standard InChI is InChI=1S/C22H33NO10/c1-7-28-17(25)15(18(26)29-8-2)13-11-14(24)23(19(27)32-20(3,4)5)16(13)22-30-10-9-21(6,33-22)12-31-22/h13,15-16H,7-12H2,1-6H3/t13-,16+,21?,22?/m1/s1. The number of hydrogen-bond donors (Lipinski definition) is 0. The fourth-order valence-electron chi connectivity index (χ4n) is 4.41. The van der Waals surface area contributed by atoms with Gasteiger partial charge in [-0.25, -0.2) is 9.69 Å². The maximum absolute atomic E-state index is 13.1. The summed E-state index contributed by atoms with van der Waals surface area (Å²) in [6.45, 7) is 10.4. The predicted octanol–water partition coefficient (Wildman–Crippen LogP) is 1.76. The van der Waals surface area contributed by atoms with Gasteiger partial charge in [0.05, 0.1) is 32.0 Å². The first-order chi connectivity index (χ1) is 15.4. The average molecular weight is 472 g/mol. The second-order valence-corrected chi connectivity index (χ2v) is 9.58. The van der Waals surface area contributed by atoms with Gasteiger partial charge in [0.25, 0.3) is 0 Å². The first-order valence-electron chi connectivity index (χ1n) is 11.2. The van der Waals surface area contributed by atoms with Crippen LogP contribution in [0.15, 0.2) is 0 Å². The lowest BCUT2D eigenvalue weighted by Crippen LogP contribution is -2.62. The SMILES string of the molecule is CCOC(=O)C(C(=O)OCC)[C@H]1CC(=O)N(C(=O)OC(C)(C)C)[C@@H]1C12OCCC(C)(CO1)O2. The molecule has 0 aromatic heterocycles. The van der Waals surface area contributed by atoms with Gasteiger partial charge in [0, 0.05) is 18.8 Å². The molecule has 0 radical (unpaired) electrons. The summed E-state index contributed by atoms with van der Waals surface area (Å²) >= 11 is 0. The first-order valence-corrected chi connectivity index (χ1v) is 11.2. The molecule has 2 amide bonds. The summed E-state index contributed by atoms with van der Waals surface area (Å²) in [7, 11) is 0. The fraction of sp³-hybridized carbons (Fsp3) is 0.818. The van der Waals surface area contributed by atoms with Gasteiger partial charge in [-0.3, -0.25) is 14.4 Å². The fourth-order valence-corrected chi connectivity index (χ4v) is 4.41. The summed E-state index contributed by atoms with van der Waals surface area (Å²) in [5.74, 6) is -6.80. The molecule has 0 N–H and O–H groups in total. The average Bonchev–Trinajstić information content (AvgIpc) is 3.15. The predicted molar refractivity (Wildman–Crippen MR) is 110 cm³/mol. The van der Waals surface area contributed by atoms with Gasteiger partial charge in [-0.2, -0.15) is 0 Å². The quantitative estimate of drug-likeness (QED) is 0.321. The topological polar surface area (TPSA) is 127 Å². The zero-order valence-electron chi connectivity index (χ0n) is 20.0. The monoisotopic (exact) mass is 471 g/mol. The number of likely N-dealkylation sites (tertiary alicyclic amines) is 1. The van der Waals surface area contributed by atoms with Crippen LogP contribution < -0.4 is 0 Å². The second kappa shape index (κ2) is 9.19. The van der Waals surface area contributed by atoms with Gasteiger partial charge in [0.1, 0.15) is 11.6 Å². The highest BCUT2D eigenvalue weighted by Crippen LogP contribution is 2.49. The van der Waals surface area contributed by atoms with Crippen molar-refractivity contribution in [3.8, 4) is 0 Å². The van der Waals surface area contributed by atoms with Crippen LogP contribution in [0, 0.1) is 11.8 Å². The van der Waals surface area contributed by atoms with Crippen LogP contribution >= 0.6 is 0 Å². The molecule has 3 aliphatic heterocycles. The molecule has 4 atom stereocenters. The van der Waals surface area contributed by atoms with Crippen molar-refractivity contribution in [3.63, 3.8) is 0 Å². The lowest BCUT2D eigenvalue weighted by molar-refractivity contribution is -0.389. The molecule has 3 rings (SSSR count). The van der Waals surface area contributed by atoms with E-state index < -0.39 is 59.0 Å². The highest BCUT2D eigenvalue weighted by molar-refractivity contribution is 5.99. The van der Waals surface area contributed by atoms with Crippen molar-refractivity contribution in [2.24, 2.45) is 11.8 Å². The van der Waals surface area contributed by atoms with Crippen molar-refractivity contribution in [1.29, 1.82) is 0 Å². The van der Waals surface area contributed by atoms with Crippen molar-refractivity contribution in [1.82, 2.24) is 4.90 Å². The van der Waals surface area contributed by atoms with E-state index in [1.165, 1.54) is 0 Å². The van der Waals surface area contributed by atoms with E-state index in [2.05, 4.69) is 0 Å². The number of rotatable bonds is 6. The third-order valence-corrected chi connectivity index (χ3v) is 5.73. The Balaban J connectivity index is 2.07. The Morgan fingerprint density at radius 2 is 1.73 bits per heavy atom. The molecular formula is C22H33NO10. The molecule has 0 aromatic rings. The van der Waals surface area contributed by atoms with Crippen molar-refractivity contribution in [3.05, 3.63) is 0 Å². The minimum Gasteiger partial charge on any atom is -0.465 e. The number of fused-ring (bicyclic) bond motifs is 2. The molecule has 33 heavy (non-hydrogen) atoms. The number of carbonyl (C=O) groups is 4. The molecule has 0 spiro atoms. The molecular weight excluding hydrogens is 438 g/mol. The Labute approximate surface area is 192 Å². The van der Waals surface area contributed by atoms with Crippen molar-refractivity contribution in [2.45, 2.75) is 77.6 Å². The van der Waals surface area contributed by atoms with Gasteiger partial charge in [-0.05, 0) is 41.5 Å². The Morgan fingerprint density at radius 1 is 1.12 bits per heavy atom. The summed E-state index contributed by atoms with van der Waals surface area (Å²) in [5, 5.41) is 0. The number of imide groups is 1. The van der Waals surface area contributed by atoms with E-state index in [0.29, 0.717) is 6.42 Å². The Hall–Kier alpha value is -2.24. The number of carbonyl (C=O) groups excluding carboxylic acids is 4. The third kappa shape index (κ3) is 4.99. The molecule has 0 aliphatic carbocycles. The number of esters is 2. The summed E-state index contributed by atoms with van der Waals surface area (Å²) in [4.78, 5) is 52.8. The van der Waals surface area contributed by atoms with Crippen LogP contribution in [0.2, 0.25) is 0 Å². The van der Waals surface area contributed by atoms with E-state index in [4.69, 9.17) is 28.4 Å². The molecule has 0 saturated carbocycles. The highest BCUT2D eigenvalue weighted by Gasteiger charge is 2.67. The summed E-state index contributed by atoms with van der Waals surface area (Å²) in [6, 6.07) is -1.28. The van der Waals surface area contributed by atoms with Gasteiger partial charge < -0.3 is 28.4 Å². The Kier molecular flexibility index (Phi) is 7.07. The molecule has 2 unspecified atom stereocenters. The lowest BCUT2D eigenvalue weighted by Gasteiger charge is -2.43. The van der Waals surface area contributed by atoms with Crippen LogP contribution in [0.4, 0.5) is 4.79 Å². The molecule has 3 saturated heterocycles. The van der Waals surface area contributed by atoms with Gasteiger partial charge in [-0.1, -0.05) is 0 Å². The summed E-state index contributed by atoms with van der Waals surface area (Å²) in [6.07, 6.45) is -0.747. The van der Waals surface area contributed by atoms with Crippen LogP contribution in [0.3, 0.4) is 0 Å². The van der Waals surface area contributed by atoms with Crippen LogP contribution in [-0.4, -0.2) is 78.5 Å². The third-order valence-electron chi connectivity index (χ3n) is 5.73. The number of hydrogen-bond acceptors (Lipinski definition) is 10.